The molecule has 2 rings (SSSR count). The molecule has 1 aliphatic carbocycles. The largest absolute Gasteiger partial charge is 0.393 e. The monoisotopic (exact) mass is 155 g/mol. The quantitative estimate of drug-likeness (QED) is 0.518. The van der Waals surface area contributed by atoms with Gasteiger partial charge in [0.05, 0.1) is 6.10 Å². The summed E-state index contributed by atoms with van der Waals surface area (Å²) < 4.78 is 0. The molecule has 0 aromatic heterocycles. The maximum absolute atomic E-state index is 10.9. The number of carbonyl (C=O) groups excluding carboxylic acids is 1. The average Bonchev–Trinajstić information content (AvgIpc) is 2.27. The van der Waals surface area contributed by atoms with Crippen LogP contribution in [0.5, 0.6) is 0 Å². The maximum atomic E-state index is 10.9. The van der Waals surface area contributed by atoms with E-state index in [-0.39, 0.29) is 12.0 Å². The molecule has 3 nitrogen and oxygen atoms in total. The van der Waals surface area contributed by atoms with E-state index in [1.54, 1.807) is 0 Å². The normalized spacial score (nSPS) is 43.4. The van der Waals surface area contributed by atoms with E-state index >= 15 is 0 Å². The van der Waals surface area contributed by atoms with E-state index < -0.39 is 0 Å². The molecule has 1 saturated carbocycles. The first kappa shape index (κ1) is 7.10. The lowest BCUT2D eigenvalue weighted by Crippen LogP contribution is -2.35. The van der Waals surface area contributed by atoms with Gasteiger partial charge in [-0.15, -0.1) is 0 Å². The standard InChI is InChI=1S/C8H13NO2/c10-6-1-2-7-5(3-6)4-8(11)9-7/h5-7,10H,1-4H2,(H,9,11)/t5-,6+,7-/m1/s1. The fraction of sp³-hybridized carbons (Fsp3) is 0.875. The number of fused-ring (bicyclic) bond motifs is 1. The van der Waals surface area contributed by atoms with E-state index in [9.17, 15) is 9.90 Å². The SMILES string of the molecule is O=C1C[C@H]2C[C@@H](O)CC[C@H]2N1. The van der Waals surface area contributed by atoms with Crippen LogP contribution in [0.3, 0.4) is 0 Å². The van der Waals surface area contributed by atoms with Gasteiger partial charge in [0, 0.05) is 12.5 Å². The Balaban J connectivity index is 2.02. The van der Waals surface area contributed by atoms with Crippen LogP contribution in [-0.2, 0) is 4.79 Å². The van der Waals surface area contributed by atoms with Gasteiger partial charge in [0.25, 0.3) is 0 Å². The number of aliphatic hydroxyl groups excluding tert-OH is 1. The predicted octanol–water partition coefficient (Wildman–Crippen LogP) is 0.0359. The van der Waals surface area contributed by atoms with Crippen LogP contribution in [-0.4, -0.2) is 23.2 Å². The van der Waals surface area contributed by atoms with Crippen molar-refractivity contribution in [1.82, 2.24) is 5.32 Å². The van der Waals surface area contributed by atoms with Crippen LogP contribution in [0.4, 0.5) is 0 Å². The minimum absolute atomic E-state index is 0.161. The third kappa shape index (κ3) is 1.25. The smallest absolute Gasteiger partial charge is 0.220 e. The van der Waals surface area contributed by atoms with Crippen molar-refractivity contribution in [2.75, 3.05) is 0 Å². The van der Waals surface area contributed by atoms with E-state index in [1.807, 2.05) is 0 Å². The molecule has 3 atom stereocenters. The summed E-state index contributed by atoms with van der Waals surface area (Å²) in [6.45, 7) is 0. The van der Waals surface area contributed by atoms with Crippen molar-refractivity contribution in [2.24, 2.45) is 5.92 Å². The summed E-state index contributed by atoms with van der Waals surface area (Å²) in [5.41, 5.74) is 0. The minimum atomic E-state index is -0.163. The molecule has 1 heterocycles. The van der Waals surface area contributed by atoms with Crippen LogP contribution in [0, 0.1) is 5.92 Å². The highest BCUT2D eigenvalue weighted by atomic mass is 16.3. The minimum Gasteiger partial charge on any atom is -0.393 e. The molecule has 2 aliphatic rings. The summed E-state index contributed by atoms with van der Waals surface area (Å²) in [5, 5.41) is 12.2. The maximum Gasteiger partial charge on any atom is 0.220 e. The Morgan fingerprint density at radius 1 is 1.45 bits per heavy atom. The number of aliphatic hydroxyl groups is 1. The zero-order valence-electron chi connectivity index (χ0n) is 6.42. The Labute approximate surface area is 65.8 Å². The lowest BCUT2D eigenvalue weighted by atomic mass is 9.84. The zero-order chi connectivity index (χ0) is 7.84. The summed E-state index contributed by atoms with van der Waals surface area (Å²) in [5.74, 6) is 0.570. The Kier molecular flexibility index (Phi) is 1.60. The molecule has 0 spiro atoms. The molecule has 0 aromatic carbocycles. The fourth-order valence-corrected chi connectivity index (χ4v) is 2.16. The van der Waals surface area contributed by atoms with Gasteiger partial charge in [0.15, 0.2) is 0 Å². The number of hydrogen-bond acceptors (Lipinski definition) is 2. The van der Waals surface area contributed by atoms with Crippen LogP contribution in [0.1, 0.15) is 25.7 Å². The van der Waals surface area contributed by atoms with Gasteiger partial charge < -0.3 is 10.4 Å². The van der Waals surface area contributed by atoms with E-state index in [0.29, 0.717) is 18.4 Å². The van der Waals surface area contributed by atoms with Crippen molar-refractivity contribution >= 4 is 5.91 Å². The number of amides is 1. The van der Waals surface area contributed by atoms with Crippen molar-refractivity contribution in [3.63, 3.8) is 0 Å². The van der Waals surface area contributed by atoms with Crippen molar-refractivity contribution in [2.45, 2.75) is 37.8 Å². The van der Waals surface area contributed by atoms with E-state index in [2.05, 4.69) is 5.32 Å². The van der Waals surface area contributed by atoms with Gasteiger partial charge >= 0.3 is 0 Å². The van der Waals surface area contributed by atoms with Crippen LogP contribution in [0.2, 0.25) is 0 Å². The summed E-state index contributed by atoms with van der Waals surface area (Å²) in [6, 6.07) is 0.367. The van der Waals surface area contributed by atoms with Gasteiger partial charge in [0.1, 0.15) is 0 Å². The summed E-state index contributed by atoms with van der Waals surface area (Å²) >= 11 is 0. The second-order valence-corrected chi connectivity index (χ2v) is 3.61. The summed E-state index contributed by atoms with van der Waals surface area (Å²) in [6.07, 6.45) is 3.08. The number of nitrogens with one attached hydrogen (secondary N) is 1. The molecule has 0 aromatic rings. The fourth-order valence-electron chi connectivity index (χ4n) is 2.16. The third-order valence-corrected chi connectivity index (χ3v) is 2.75. The second kappa shape index (κ2) is 2.48. The van der Waals surface area contributed by atoms with Gasteiger partial charge in [-0.05, 0) is 25.2 Å². The molecular formula is C8H13NO2. The van der Waals surface area contributed by atoms with Crippen LogP contribution >= 0.6 is 0 Å². The first-order chi connectivity index (χ1) is 5.25. The third-order valence-electron chi connectivity index (χ3n) is 2.75. The number of rotatable bonds is 0. The molecule has 11 heavy (non-hydrogen) atoms. The number of carbonyl (C=O) groups is 1. The van der Waals surface area contributed by atoms with Gasteiger partial charge in [-0.3, -0.25) is 4.79 Å². The molecule has 2 fully saturated rings. The molecular weight excluding hydrogens is 142 g/mol. The average molecular weight is 155 g/mol. The first-order valence-electron chi connectivity index (χ1n) is 4.23. The first-order valence-corrected chi connectivity index (χ1v) is 4.23. The molecule has 1 aliphatic heterocycles. The van der Waals surface area contributed by atoms with Crippen molar-refractivity contribution in [3.8, 4) is 0 Å². The van der Waals surface area contributed by atoms with Crippen LogP contribution in [0.25, 0.3) is 0 Å². The van der Waals surface area contributed by atoms with E-state index in [1.165, 1.54) is 0 Å². The topological polar surface area (TPSA) is 49.3 Å². The molecule has 1 amide bonds. The highest BCUT2D eigenvalue weighted by molar-refractivity contribution is 5.79. The molecule has 0 bridgehead atoms. The van der Waals surface area contributed by atoms with E-state index in [0.717, 1.165) is 19.3 Å². The molecule has 3 heteroatoms. The van der Waals surface area contributed by atoms with Crippen molar-refractivity contribution in [1.29, 1.82) is 0 Å². The van der Waals surface area contributed by atoms with Gasteiger partial charge in [-0.25, -0.2) is 0 Å². The number of hydrogen-bond donors (Lipinski definition) is 2. The highest BCUT2D eigenvalue weighted by Crippen LogP contribution is 2.30. The van der Waals surface area contributed by atoms with Gasteiger partial charge in [-0.1, -0.05) is 0 Å². The van der Waals surface area contributed by atoms with Crippen LogP contribution < -0.4 is 5.32 Å². The lowest BCUT2D eigenvalue weighted by molar-refractivity contribution is -0.119. The Hall–Kier alpha value is -0.570. The Morgan fingerprint density at radius 2 is 2.27 bits per heavy atom. The van der Waals surface area contributed by atoms with Crippen molar-refractivity contribution < 1.29 is 9.90 Å². The van der Waals surface area contributed by atoms with Gasteiger partial charge in [-0.2, -0.15) is 0 Å². The molecule has 2 N–H and O–H groups in total. The molecule has 62 valence electrons. The van der Waals surface area contributed by atoms with E-state index in [4.69, 9.17) is 0 Å². The summed E-state index contributed by atoms with van der Waals surface area (Å²) in [4.78, 5) is 10.9. The highest BCUT2D eigenvalue weighted by Gasteiger charge is 2.36. The summed E-state index contributed by atoms with van der Waals surface area (Å²) in [7, 11) is 0. The Bertz CT molecular complexity index is 181. The van der Waals surface area contributed by atoms with Gasteiger partial charge in [0.2, 0.25) is 5.91 Å². The second-order valence-electron chi connectivity index (χ2n) is 3.61. The molecule has 1 saturated heterocycles. The Morgan fingerprint density at radius 3 is 3.09 bits per heavy atom. The lowest BCUT2D eigenvalue weighted by Gasteiger charge is -2.27. The van der Waals surface area contributed by atoms with Crippen molar-refractivity contribution in [3.05, 3.63) is 0 Å². The molecule has 0 unspecified atom stereocenters. The predicted molar refractivity (Wildman–Crippen MR) is 39.9 cm³/mol. The van der Waals surface area contributed by atoms with Crippen LogP contribution in [0.15, 0.2) is 0 Å². The molecule has 0 radical (unpaired) electrons. The zero-order valence-corrected chi connectivity index (χ0v) is 6.42.